The lowest BCUT2D eigenvalue weighted by Gasteiger charge is -2.11. The smallest absolute Gasteiger partial charge is 0.330 e. The number of nitrogens with two attached hydrogens (primary N) is 1. The third-order valence-electron chi connectivity index (χ3n) is 2.83. The zero-order chi connectivity index (χ0) is 12.4. The first-order chi connectivity index (χ1) is 8.16. The number of aryl methyl sites for hydroxylation is 1. The Hall–Kier alpha value is -1.88. The Morgan fingerprint density at radius 3 is 2.65 bits per heavy atom. The van der Waals surface area contributed by atoms with Gasteiger partial charge in [-0.3, -0.25) is 13.9 Å². The molecule has 0 aliphatic carbocycles. The summed E-state index contributed by atoms with van der Waals surface area (Å²) in [5.74, 6) is 0. The molecule has 2 rings (SSSR count). The van der Waals surface area contributed by atoms with E-state index < -0.39 is 0 Å². The summed E-state index contributed by atoms with van der Waals surface area (Å²) in [6.07, 6.45) is 0.710. The van der Waals surface area contributed by atoms with Crippen LogP contribution in [0.1, 0.15) is 6.42 Å². The van der Waals surface area contributed by atoms with Gasteiger partial charge in [0.25, 0.3) is 5.56 Å². The highest BCUT2D eigenvalue weighted by molar-refractivity contribution is 5.77. The summed E-state index contributed by atoms with van der Waals surface area (Å²) in [4.78, 5) is 23.9. The molecule has 17 heavy (non-hydrogen) atoms. The van der Waals surface area contributed by atoms with E-state index in [9.17, 15) is 9.59 Å². The Balaban J connectivity index is 2.81. The van der Waals surface area contributed by atoms with Gasteiger partial charge in [-0.2, -0.15) is 0 Å². The van der Waals surface area contributed by atoms with E-state index in [1.165, 1.54) is 7.05 Å². The third kappa shape index (κ3) is 1.89. The Morgan fingerprint density at radius 1 is 1.24 bits per heavy atom. The molecule has 2 N–H and O–H groups in total. The fourth-order valence-electron chi connectivity index (χ4n) is 1.91. The molecular weight excluding hydrogens is 218 g/mol. The Kier molecular flexibility index (Phi) is 3.10. The first-order valence-corrected chi connectivity index (χ1v) is 5.55. The summed E-state index contributed by atoms with van der Waals surface area (Å²) in [6.45, 7) is 1.05. The summed E-state index contributed by atoms with van der Waals surface area (Å²) in [7, 11) is 1.50. The molecule has 0 saturated carbocycles. The van der Waals surface area contributed by atoms with E-state index in [0.29, 0.717) is 30.4 Å². The van der Waals surface area contributed by atoms with Crippen LogP contribution in [-0.2, 0) is 13.6 Å². The first kappa shape index (κ1) is 11.6. The second-order valence-corrected chi connectivity index (χ2v) is 3.96. The standard InChI is InChI=1S/C12H15N3O2/c1-14-11(16)9-5-2-3-6-10(9)15(12(14)17)8-4-7-13/h2-3,5-6H,4,7-8,13H2,1H3. The molecule has 1 aromatic carbocycles. The van der Waals surface area contributed by atoms with Gasteiger partial charge in [0.05, 0.1) is 10.9 Å². The van der Waals surface area contributed by atoms with Crippen LogP contribution in [0.15, 0.2) is 33.9 Å². The van der Waals surface area contributed by atoms with Gasteiger partial charge in [-0.15, -0.1) is 0 Å². The van der Waals surface area contributed by atoms with Gasteiger partial charge in [0.2, 0.25) is 0 Å². The van der Waals surface area contributed by atoms with Crippen molar-refractivity contribution in [2.75, 3.05) is 6.54 Å². The molecule has 0 saturated heterocycles. The molecule has 5 heteroatoms. The van der Waals surface area contributed by atoms with Crippen molar-refractivity contribution in [3.05, 3.63) is 45.1 Å². The van der Waals surface area contributed by atoms with E-state index in [2.05, 4.69) is 0 Å². The van der Waals surface area contributed by atoms with Crippen LogP contribution in [0.25, 0.3) is 10.9 Å². The monoisotopic (exact) mass is 233 g/mol. The van der Waals surface area contributed by atoms with Gasteiger partial charge >= 0.3 is 5.69 Å². The molecule has 0 amide bonds. The van der Waals surface area contributed by atoms with Gasteiger partial charge in [0, 0.05) is 13.6 Å². The predicted octanol–water partition coefficient (Wildman–Crippen LogP) is 0.0490. The number of hydrogen-bond acceptors (Lipinski definition) is 3. The molecule has 1 aromatic heterocycles. The minimum atomic E-state index is -0.290. The second kappa shape index (κ2) is 4.55. The number of nitrogens with zero attached hydrogens (tertiary/aromatic N) is 2. The summed E-state index contributed by atoms with van der Waals surface area (Å²) in [6, 6.07) is 7.13. The maximum absolute atomic E-state index is 12.0. The SMILES string of the molecule is Cn1c(=O)c2ccccc2n(CCCN)c1=O. The summed E-state index contributed by atoms with van der Waals surface area (Å²) < 4.78 is 2.74. The minimum Gasteiger partial charge on any atom is -0.330 e. The number of benzene rings is 1. The topological polar surface area (TPSA) is 70.0 Å². The molecule has 0 aliphatic rings. The second-order valence-electron chi connectivity index (χ2n) is 3.96. The van der Waals surface area contributed by atoms with Crippen molar-refractivity contribution in [2.45, 2.75) is 13.0 Å². The van der Waals surface area contributed by atoms with Crippen LogP contribution in [0.5, 0.6) is 0 Å². The van der Waals surface area contributed by atoms with E-state index in [4.69, 9.17) is 5.73 Å². The Labute approximate surface area is 98.1 Å². The lowest BCUT2D eigenvalue weighted by Crippen LogP contribution is -2.38. The van der Waals surface area contributed by atoms with Gasteiger partial charge < -0.3 is 5.73 Å². The Morgan fingerprint density at radius 2 is 1.94 bits per heavy atom. The molecule has 2 aromatic rings. The van der Waals surface area contributed by atoms with E-state index in [0.717, 1.165) is 4.57 Å². The summed E-state index contributed by atoms with van der Waals surface area (Å²) in [5.41, 5.74) is 5.58. The number of hydrogen-bond donors (Lipinski definition) is 1. The van der Waals surface area contributed by atoms with Gasteiger partial charge in [0.15, 0.2) is 0 Å². The zero-order valence-electron chi connectivity index (χ0n) is 9.72. The highest BCUT2D eigenvalue weighted by atomic mass is 16.2. The van der Waals surface area contributed by atoms with Crippen molar-refractivity contribution in [2.24, 2.45) is 12.8 Å². The maximum atomic E-state index is 12.0. The van der Waals surface area contributed by atoms with Crippen molar-refractivity contribution in [1.82, 2.24) is 9.13 Å². The minimum absolute atomic E-state index is 0.255. The van der Waals surface area contributed by atoms with Gasteiger partial charge in [-0.05, 0) is 25.1 Å². The zero-order valence-corrected chi connectivity index (χ0v) is 9.72. The number of aromatic nitrogens is 2. The summed E-state index contributed by atoms with van der Waals surface area (Å²) >= 11 is 0. The number of rotatable bonds is 3. The third-order valence-corrected chi connectivity index (χ3v) is 2.83. The Bertz CT molecular complexity index is 655. The molecule has 0 unspecified atom stereocenters. The lowest BCUT2D eigenvalue weighted by atomic mass is 10.2. The fraction of sp³-hybridized carbons (Fsp3) is 0.333. The van der Waals surface area contributed by atoms with Crippen molar-refractivity contribution in [3.8, 4) is 0 Å². The normalized spacial score (nSPS) is 10.9. The van der Waals surface area contributed by atoms with Crippen molar-refractivity contribution in [1.29, 1.82) is 0 Å². The van der Waals surface area contributed by atoms with E-state index in [1.54, 1.807) is 22.8 Å². The molecule has 0 spiro atoms. The van der Waals surface area contributed by atoms with Crippen LogP contribution >= 0.6 is 0 Å². The fourth-order valence-corrected chi connectivity index (χ4v) is 1.91. The molecule has 5 nitrogen and oxygen atoms in total. The van der Waals surface area contributed by atoms with Crippen LogP contribution in [0.2, 0.25) is 0 Å². The molecule has 1 heterocycles. The highest BCUT2D eigenvalue weighted by Gasteiger charge is 2.09. The van der Waals surface area contributed by atoms with Gasteiger partial charge in [-0.25, -0.2) is 4.79 Å². The molecule has 0 atom stereocenters. The number of fused-ring (bicyclic) bond motifs is 1. The molecule has 0 bridgehead atoms. The maximum Gasteiger partial charge on any atom is 0.331 e. The number of para-hydroxylation sites is 1. The average Bonchev–Trinajstić information content (AvgIpc) is 2.36. The van der Waals surface area contributed by atoms with Crippen molar-refractivity contribution < 1.29 is 0 Å². The van der Waals surface area contributed by atoms with Crippen LogP contribution in [-0.4, -0.2) is 15.7 Å². The van der Waals surface area contributed by atoms with Crippen molar-refractivity contribution >= 4 is 10.9 Å². The van der Waals surface area contributed by atoms with E-state index in [-0.39, 0.29) is 11.2 Å². The van der Waals surface area contributed by atoms with Crippen LogP contribution < -0.4 is 17.0 Å². The van der Waals surface area contributed by atoms with Crippen LogP contribution in [0, 0.1) is 0 Å². The highest BCUT2D eigenvalue weighted by Crippen LogP contribution is 2.07. The summed E-state index contributed by atoms with van der Waals surface area (Å²) in [5, 5.41) is 0.562. The quantitative estimate of drug-likeness (QED) is 0.814. The molecule has 0 aliphatic heterocycles. The largest absolute Gasteiger partial charge is 0.331 e. The van der Waals surface area contributed by atoms with Gasteiger partial charge in [-0.1, -0.05) is 12.1 Å². The lowest BCUT2D eigenvalue weighted by molar-refractivity contribution is 0.600. The molecule has 90 valence electrons. The molecule has 0 radical (unpaired) electrons. The molecule has 0 fully saturated rings. The first-order valence-electron chi connectivity index (χ1n) is 5.55. The average molecular weight is 233 g/mol. The van der Waals surface area contributed by atoms with E-state index >= 15 is 0 Å². The van der Waals surface area contributed by atoms with E-state index in [1.807, 2.05) is 6.07 Å². The van der Waals surface area contributed by atoms with Crippen LogP contribution in [0.3, 0.4) is 0 Å². The molecular formula is C12H15N3O2. The predicted molar refractivity (Wildman–Crippen MR) is 67.1 cm³/mol. The van der Waals surface area contributed by atoms with Crippen molar-refractivity contribution in [3.63, 3.8) is 0 Å². The van der Waals surface area contributed by atoms with Gasteiger partial charge in [0.1, 0.15) is 0 Å². The van der Waals surface area contributed by atoms with Crippen LogP contribution in [0.4, 0.5) is 0 Å².